The molecule has 1 heterocycles. The van der Waals surface area contributed by atoms with Crippen molar-refractivity contribution in [3.63, 3.8) is 0 Å². The Kier molecular flexibility index (Phi) is 7.61. The molecule has 11 heteroatoms. The van der Waals surface area contributed by atoms with E-state index in [1.807, 2.05) is 41.3 Å². The zero-order chi connectivity index (χ0) is 28.3. The summed E-state index contributed by atoms with van der Waals surface area (Å²) in [6.07, 6.45) is 0. The van der Waals surface area contributed by atoms with Crippen molar-refractivity contribution < 1.29 is 19.4 Å². The molecule has 3 aromatic carbocycles. The summed E-state index contributed by atoms with van der Waals surface area (Å²) in [6.45, 7) is 8.84. The zero-order valence-corrected chi connectivity index (χ0v) is 21.9. The second kappa shape index (κ2) is 10.9. The van der Waals surface area contributed by atoms with Crippen LogP contribution in [0.25, 0.3) is 0 Å². The number of carbonyl (C=O) groups excluding carboxylic acids is 2. The number of rotatable bonds is 6. The first-order valence-corrected chi connectivity index (χ1v) is 12.4. The highest BCUT2D eigenvalue weighted by atomic mass is 16.6. The van der Waals surface area contributed by atoms with E-state index in [9.17, 15) is 29.8 Å². The second-order valence-electron chi connectivity index (χ2n) is 10.4. The summed E-state index contributed by atoms with van der Waals surface area (Å²) in [6, 6.07) is 17.6. The van der Waals surface area contributed by atoms with Gasteiger partial charge in [0.1, 0.15) is 0 Å². The molecule has 0 unspecified atom stereocenters. The summed E-state index contributed by atoms with van der Waals surface area (Å²) in [5.74, 6) is -0.688. The molecular formula is C28H29N5O6. The largest absolute Gasteiger partial charge is 0.368 e. The van der Waals surface area contributed by atoms with Crippen LogP contribution in [0, 0.1) is 20.2 Å². The Morgan fingerprint density at radius 3 is 1.79 bits per heavy atom. The van der Waals surface area contributed by atoms with Gasteiger partial charge in [0.15, 0.2) is 0 Å². The van der Waals surface area contributed by atoms with Crippen LogP contribution in [0.2, 0.25) is 0 Å². The first-order valence-electron chi connectivity index (χ1n) is 12.4. The third-order valence-electron chi connectivity index (χ3n) is 6.64. The van der Waals surface area contributed by atoms with Crippen molar-refractivity contribution in [1.29, 1.82) is 0 Å². The van der Waals surface area contributed by atoms with Crippen LogP contribution in [-0.4, -0.2) is 52.7 Å². The van der Waals surface area contributed by atoms with Gasteiger partial charge in [-0.2, -0.15) is 0 Å². The van der Waals surface area contributed by atoms with Gasteiger partial charge in [0.2, 0.25) is 0 Å². The van der Waals surface area contributed by atoms with Gasteiger partial charge in [0.05, 0.1) is 21.5 Å². The van der Waals surface area contributed by atoms with E-state index in [0.29, 0.717) is 37.4 Å². The molecule has 0 atom stereocenters. The highest BCUT2D eigenvalue weighted by Crippen LogP contribution is 2.26. The van der Waals surface area contributed by atoms with Crippen molar-refractivity contribution in [3.05, 3.63) is 104 Å². The van der Waals surface area contributed by atoms with Gasteiger partial charge in [-0.05, 0) is 47.4 Å². The van der Waals surface area contributed by atoms with Gasteiger partial charge >= 0.3 is 0 Å². The summed E-state index contributed by atoms with van der Waals surface area (Å²) in [4.78, 5) is 50.2. The van der Waals surface area contributed by atoms with Gasteiger partial charge in [0, 0.05) is 55.2 Å². The number of nitrogens with zero attached hydrogens (tertiary/aromatic N) is 4. The molecule has 39 heavy (non-hydrogen) atoms. The first kappa shape index (κ1) is 27.2. The highest BCUT2D eigenvalue weighted by Gasteiger charge is 2.24. The minimum absolute atomic E-state index is 0.00885. The van der Waals surface area contributed by atoms with E-state index >= 15 is 0 Å². The van der Waals surface area contributed by atoms with Gasteiger partial charge in [-0.1, -0.05) is 32.9 Å². The number of benzene rings is 3. The van der Waals surface area contributed by atoms with E-state index in [4.69, 9.17) is 0 Å². The maximum absolute atomic E-state index is 13.0. The Labute approximate surface area is 225 Å². The predicted molar refractivity (Wildman–Crippen MR) is 147 cm³/mol. The molecule has 0 aliphatic carbocycles. The van der Waals surface area contributed by atoms with E-state index < -0.39 is 27.1 Å². The fourth-order valence-electron chi connectivity index (χ4n) is 4.36. The van der Waals surface area contributed by atoms with Crippen LogP contribution < -0.4 is 10.2 Å². The van der Waals surface area contributed by atoms with Crippen LogP contribution in [0.1, 0.15) is 47.1 Å². The number of amides is 2. The maximum Gasteiger partial charge on any atom is 0.277 e. The van der Waals surface area contributed by atoms with E-state index in [1.54, 1.807) is 12.1 Å². The Hall–Kier alpha value is -4.80. The van der Waals surface area contributed by atoms with Gasteiger partial charge in [0.25, 0.3) is 23.2 Å². The number of hydrogen-bond acceptors (Lipinski definition) is 7. The molecule has 1 fully saturated rings. The SMILES string of the molecule is CC(C)(C)c1ccc(C(=O)N2CCN(c3ccc(NC(=O)c4cc([N+](=O)[O-])cc([N+](=O)[O-])c4)cc3)CC2)cc1. The van der Waals surface area contributed by atoms with Gasteiger partial charge in [-0.15, -0.1) is 0 Å². The molecule has 0 spiro atoms. The highest BCUT2D eigenvalue weighted by molar-refractivity contribution is 6.05. The molecule has 1 aliphatic rings. The van der Waals surface area contributed by atoms with Gasteiger partial charge < -0.3 is 15.1 Å². The summed E-state index contributed by atoms with van der Waals surface area (Å²) in [5.41, 5.74) is 1.96. The lowest BCUT2D eigenvalue weighted by atomic mass is 9.86. The molecular weight excluding hydrogens is 502 g/mol. The Balaban J connectivity index is 1.36. The molecule has 0 saturated carbocycles. The lowest BCUT2D eigenvalue weighted by Gasteiger charge is -2.36. The lowest BCUT2D eigenvalue weighted by molar-refractivity contribution is -0.394. The third kappa shape index (κ3) is 6.38. The zero-order valence-electron chi connectivity index (χ0n) is 21.9. The van der Waals surface area contributed by atoms with E-state index in [1.165, 1.54) is 5.56 Å². The molecule has 1 aliphatic heterocycles. The molecule has 3 aromatic rings. The Bertz CT molecular complexity index is 1370. The summed E-state index contributed by atoms with van der Waals surface area (Å²) < 4.78 is 0. The summed E-state index contributed by atoms with van der Waals surface area (Å²) in [7, 11) is 0. The predicted octanol–water partition coefficient (Wildman–Crippen LogP) is 5.02. The van der Waals surface area contributed by atoms with Crippen molar-refractivity contribution in [2.75, 3.05) is 36.4 Å². The molecule has 4 rings (SSSR count). The number of nitro benzene ring substituents is 2. The summed E-state index contributed by atoms with van der Waals surface area (Å²) >= 11 is 0. The van der Waals surface area contributed by atoms with E-state index in [2.05, 4.69) is 31.0 Å². The number of nitrogens with one attached hydrogen (secondary N) is 1. The lowest BCUT2D eigenvalue weighted by Crippen LogP contribution is -2.48. The van der Waals surface area contributed by atoms with Crippen LogP contribution in [0.3, 0.4) is 0 Å². The van der Waals surface area contributed by atoms with Gasteiger partial charge in [-0.25, -0.2) is 0 Å². The topological polar surface area (TPSA) is 139 Å². The standard InChI is InChI=1S/C28H29N5O6/c1-28(2,3)21-6-4-19(5-7-21)27(35)31-14-12-30(13-15-31)23-10-8-22(9-11-23)29-26(34)20-16-24(32(36)37)18-25(17-20)33(38)39/h4-11,16-18H,12-15H2,1-3H3,(H,29,34). The van der Waals surface area contributed by atoms with Crippen LogP contribution in [0.5, 0.6) is 0 Å². The van der Waals surface area contributed by atoms with E-state index in [0.717, 1.165) is 23.9 Å². The van der Waals surface area contributed by atoms with Gasteiger partial charge in [-0.3, -0.25) is 29.8 Å². The second-order valence-corrected chi connectivity index (χ2v) is 10.4. The van der Waals surface area contributed by atoms with E-state index in [-0.39, 0.29) is 16.9 Å². The average molecular weight is 532 g/mol. The van der Waals surface area contributed by atoms with Crippen molar-refractivity contribution in [3.8, 4) is 0 Å². The number of hydrogen-bond donors (Lipinski definition) is 1. The molecule has 1 N–H and O–H groups in total. The van der Waals surface area contributed by atoms with Crippen LogP contribution in [0.4, 0.5) is 22.7 Å². The number of anilines is 2. The molecule has 0 radical (unpaired) electrons. The Morgan fingerprint density at radius 1 is 0.769 bits per heavy atom. The van der Waals surface area contributed by atoms with Crippen molar-refractivity contribution in [1.82, 2.24) is 4.90 Å². The average Bonchev–Trinajstić information content (AvgIpc) is 2.92. The molecule has 1 saturated heterocycles. The quantitative estimate of drug-likeness (QED) is 0.348. The number of piperazine rings is 1. The maximum atomic E-state index is 13.0. The fraction of sp³-hybridized carbons (Fsp3) is 0.286. The van der Waals surface area contributed by atoms with Crippen LogP contribution >= 0.6 is 0 Å². The van der Waals surface area contributed by atoms with Crippen LogP contribution in [0.15, 0.2) is 66.7 Å². The molecule has 2 amide bonds. The minimum atomic E-state index is -0.783. The monoisotopic (exact) mass is 531 g/mol. The Morgan fingerprint density at radius 2 is 1.31 bits per heavy atom. The number of carbonyl (C=O) groups is 2. The summed E-state index contributed by atoms with van der Waals surface area (Å²) in [5, 5.41) is 24.8. The number of nitro groups is 2. The van der Waals surface area contributed by atoms with Crippen molar-refractivity contribution >= 4 is 34.6 Å². The molecule has 202 valence electrons. The fourth-order valence-corrected chi connectivity index (χ4v) is 4.36. The van der Waals surface area contributed by atoms with Crippen molar-refractivity contribution in [2.45, 2.75) is 26.2 Å². The first-order chi connectivity index (χ1) is 18.4. The molecule has 0 aromatic heterocycles. The molecule has 0 bridgehead atoms. The van der Waals surface area contributed by atoms with Crippen molar-refractivity contribution in [2.24, 2.45) is 0 Å². The van der Waals surface area contributed by atoms with Crippen LogP contribution in [-0.2, 0) is 5.41 Å². The third-order valence-corrected chi connectivity index (χ3v) is 6.64. The molecule has 11 nitrogen and oxygen atoms in total. The smallest absolute Gasteiger partial charge is 0.277 e. The number of non-ortho nitro benzene ring substituents is 2. The normalized spacial score (nSPS) is 13.6. The minimum Gasteiger partial charge on any atom is -0.368 e.